The number of halogens is 2. The van der Waals surface area contributed by atoms with Crippen molar-refractivity contribution in [3.05, 3.63) is 37.4 Å². The first-order valence-corrected chi connectivity index (χ1v) is 5.76. The van der Waals surface area contributed by atoms with Crippen LogP contribution >= 0.6 is 35.4 Å². The normalized spacial score (nSPS) is 11.4. The van der Waals surface area contributed by atoms with Gasteiger partial charge in [0.1, 0.15) is 0 Å². The molecule has 0 fully saturated rings. The molecule has 4 nitrogen and oxygen atoms in total. The molecule has 0 aliphatic carbocycles. The van der Waals surface area contributed by atoms with Gasteiger partial charge >= 0.3 is 0 Å². The number of pyridine rings is 1. The quantitative estimate of drug-likeness (QED) is 0.620. The summed E-state index contributed by atoms with van der Waals surface area (Å²) in [5, 5.41) is 1.40. The van der Waals surface area contributed by atoms with Gasteiger partial charge in [-0.25, -0.2) is 0 Å². The average Bonchev–Trinajstić information content (AvgIpc) is 2.64. The summed E-state index contributed by atoms with van der Waals surface area (Å²) in [5.74, 6) is 0. The fourth-order valence-electron chi connectivity index (χ4n) is 1.70. The molecule has 1 aromatic carbocycles. The van der Waals surface area contributed by atoms with Crippen LogP contribution in [0, 0.1) is 4.84 Å². The van der Waals surface area contributed by atoms with Crippen LogP contribution in [0.5, 0.6) is 0 Å². The lowest BCUT2D eigenvalue weighted by atomic mass is 10.2. The molecule has 0 bridgehead atoms. The van der Waals surface area contributed by atoms with Gasteiger partial charge in [-0.2, -0.15) is 0 Å². The first-order chi connectivity index (χ1) is 8.06. The van der Waals surface area contributed by atoms with Crippen LogP contribution in [-0.4, -0.2) is 9.97 Å². The number of rotatable bonds is 0. The van der Waals surface area contributed by atoms with Crippen LogP contribution in [0.4, 0.5) is 0 Å². The summed E-state index contributed by atoms with van der Waals surface area (Å²) in [6.45, 7) is 0. The molecule has 0 radical (unpaired) electrons. The second-order valence-electron chi connectivity index (χ2n) is 3.48. The summed E-state index contributed by atoms with van der Waals surface area (Å²) in [7, 11) is 0. The summed E-state index contributed by atoms with van der Waals surface area (Å²) in [5.41, 5.74) is 0.911. The van der Waals surface area contributed by atoms with Crippen molar-refractivity contribution in [3.8, 4) is 0 Å². The molecule has 2 heterocycles. The summed E-state index contributed by atoms with van der Waals surface area (Å²) >= 11 is 16.7. The number of H-pyrrole nitrogens is 2. The number of aromatic amines is 2. The Morgan fingerprint density at radius 2 is 1.88 bits per heavy atom. The third-order valence-electron chi connectivity index (χ3n) is 2.43. The van der Waals surface area contributed by atoms with E-state index in [1.807, 2.05) is 0 Å². The van der Waals surface area contributed by atoms with Crippen LogP contribution in [0.2, 0.25) is 10.0 Å². The molecular weight excluding hydrogens is 283 g/mol. The van der Waals surface area contributed by atoms with Crippen LogP contribution in [0.25, 0.3) is 22.0 Å². The largest absolute Gasteiger partial charge is 0.428 e. The molecule has 0 saturated heterocycles. The van der Waals surface area contributed by atoms with Gasteiger partial charge in [0.2, 0.25) is 0 Å². The Hall–Kier alpha value is -1.30. The predicted molar refractivity (Wildman–Crippen MR) is 69.5 cm³/mol. The van der Waals surface area contributed by atoms with Gasteiger partial charge in [0.05, 0.1) is 15.6 Å². The third-order valence-corrected chi connectivity index (χ3v) is 3.34. The minimum atomic E-state index is -0.314. The molecule has 17 heavy (non-hydrogen) atoms. The first-order valence-electron chi connectivity index (χ1n) is 4.60. The highest BCUT2D eigenvalue weighted by atomic mass is 35.5. The molecule has 0 saturated carbocycles. The van der Waals surface area contributed by atoms with E-state index in [1.165, 1.54) is 0 Å². The highest BCUT2D eigenvalue weighted by Gasteiger charge is 2.11. The summed E-state index contributed by atoms with van der Waals surface area (Å²) in [6.07, 6.45) is 0. The molecule has 3 rings (SSSR count). The van der Waals surface area contributed by atoms with Crippen molar-refractivity contribution in [2.45, 2.75) is 0 Å². The van der Waals surface area contributed by atoms with Gasteiger partial charge in [-0.3, -0.25) is 4.79 Å². The number of nitrogens with one attached hydrogen (secondary N) is 2. The van der Waals surface area contributed by atoms with Gasteiger partial charge in [0.15, 0.2) is 11.1 Å². The lowest BCUT2D eigenvalue weighted by Gasteiger charge is -2.00. The zero-order valence-electron chi connectivity index (χ0n) is 8.14. The molecular formula is C10H4Cl2N2O2S. The Morgan fingerprint density at radius 3 is 2.65 bits per heavy atom. The number of aromatic nitrogens is 2. The topological polar surface area (TPSA) is 61.8 Å². The number of hydrogen-bond acceptors (Lipinski definition) is 3. The molecule has 0 unspecified atom stereocenters. The van der Waals surface area contributed by atoms with E-state index in [9.17, 15) is 4.79 Å². The minimum Gasteiger partial charge on any atom is -0.428 e. The van der Waals surface area contributed by atoms with Crippen LogP contribution in [0.3, 0.4) is 0 Å². The Labute approximate surface area is 109 Å². The van der Waals surface area contributed by atoms with Gasteiger partial charge in [-0.15, -0.1) is 0 Å². The summed E-state index contributed by atoms with van der Waals surface area (Å²) in [4.78, 5) is 17.2. The number of oxazole rings is 1. The molecule has 0 spiro atoms. The first kappa shape index (κ1) is 10.8. The number of hydrogen-bond donors (Lipinski definition) is 2. The van der Waals surface area contributed by atoms with Gasteiger partial charge in [0, 0.05) is 5.39 Å². The van der Waals surface area contributed by atoms with Crippen molar-refractivity contribution >= 4 is 57.4 Å². The van der Waals surface area contributed by atoms with E-state index >= 15 is 0 Å². The van der Waals surface area contributed by atoms with Crippen molar-refractivity contribution in [1.82, 2.24) is 9.97 Å². The van der Waals surface area contributed by atoms with Crippen molar-refractivity contribution in [2.24, 2.45) is 0 Å². The maximum atomic E-state index is 11.7. The molecule has 7 heteroatoms. The lowest BCUT2D eigenvalue weighted by molar-refractivity contribution is 0.586. The highest BCUT2D eigenvalue weighted by Crippen LogP contribution is 2.29. The molecule has 0 aliphatic heterocycles. The Bertz CT molecular complexity index is 862. The molecule has 0 amide bonds. The smallest absolute Gasteiger partial charge is 0.276 e. The second-order valence-corrected chi connectivity index (χ2v) is 4.67. The SMILES string of the molecule is O=c1[nH]c2cc(Cl)c(Cl)cc2c2oc(=S)[nH]c12. The molecule has 2 aromatic heterocycles. The van der Waals surface area contributed by atoms with Crippen LogP contribution in [-0.2, 0) is 0 Å². The van der Waals surface area contributed by atoms with Gasteiger partial charge in [0.25, 0.3) is 10.4 Å². The maximum absolute atomic E-state index is 11.7. The lowest BCUT2D eigenvalue weighted by Crippen LogP contribution is -2.06. The average molecular weight is 287 g/mol. The minimum absolute atomic E-state index is 0.143. The monoisotopic (exact) mass is 286 g/mol. The van der Waals surface area contributed by atoms with E-state index in [4.69, 9.17) is 39.8 Å². The second kappa shape index (κ2) is 3.60. The van der Waals surface area contributed by atoms with E-state index in [0.29, 0.717) is 32.0 Å². The van der Waals surface area contributed by atoms with Crippen molar-refractivity contribution in [1.29, 1.82) is 0 Å². The number of benzene rings is 1. The molecule has 0 aliphatic rings. The maximum Gasteiger partial charge on any atom is 0.276 e. The zero-order chi connectivity index (χ0) is 12.2. The van der Waals surface area contributed by atoms with Crippen molar-refractivity contribution in [3.63, 3.8) is 0 Å². The molecule has 2 N–H and O–H groups in total. The summed E-state index contributed by atoms with van der Waals surface area (Å²) in [6, 6.07) is 3.20. The molecule has 0 atom stereocenters. The molecule has 3 aromatic rings. The number of fused-ring (bicyclic) bond motifs is 3. The standard InChI is InChI=1S/C10H4Cl2N2O2S/c11-4-1-3-6(2-5(4)12)13-9(15)7-8(3)16-10(17)14-7/h1-2H,(H,13,15)(H,14,17). The van der Waals surface area contributed by atoms with Crippen LogP contribution in [0.15, 0.2) is 21.3 Å². The van der Waals surface area contributed by atoms with E-state index < -0.39 is 0 Å². The van der Waals surface area contributed by atoms with Crippen LogP contribution in [0.1, 0.15) is 0 Å². The highest BCUT2D eigenvalue weighted by molar-refractivity contribution is 7.71. The fraction of sp³-hybridized carbons (Fsp3) is 0. The Kier molecular flexibility index (Phi) is 2.29. The van der Waals surface area contributed by atoms with E-state index in [2.05, 4.69) is 9.97 Å². The predicted octanol–water partition coefficient (Wildman–Crippen LogP) is 3.64. The zero-order valence-corrected chi connectivity index (χ0v) is 10.5. The van der Waals surface area contributed by atoms with Gasteiger partial charge < -0.3 is 14.4 Å². The van der Waals surface area contributed by atoms with E-state index in [0.717, 1.165) is 0 Å². The summed E-state index contributed by atoms with van der Waals surface area (Å²) < 4.78 is 5.29. The Balaban J connectivity index is 2.67. The van der Waals surface area contributed by atoms with Gasteiger partial charge in [-0.1, -0.05) is 23.2 Å². The van der Waals surface area contributed by atoms with Crippen LogP contribution < -0.4 is 5.56 Å². The van der Waals surface area contributed by atoms with Crippen molar-refractivity contribution < 1.29 is 4.42 Å². The molecule has 86 valence electrons. The third kappa shape index (κ3) is 1.58. The van der Waals surface area contributed by atoms with Crippen molar-refractivity contribution in [2.75, 3.05) is 0 Å². The van der Waals surface area contributed by atoms with Gasteiger partial charge in [-0.05, 0) is 24.4 Å². The Morgan fingerprint density at radius 1 is 1.18 bits per heavy atom. The van der Waals surface area contributed by atoms with E-state index in [1.54, 1.807) is 12.1 Å². The fourth-order valence-corrected chi connectivity index (χ4v) is 2.21. The van der Waals surface area contributed by atoms with E-state index in [-0.39, 0.29) is 10.4 Å².